The quantitative estimate of drug-likeness (QED) is 0.668. The molecule has 1 rings (SSSR count). The molecule has 1 fully saturated rings. The third kappa shape index (κ3) is 3.51. The van der Waals surface area contributed by atoms with Crippen molar-refractivity contribution in [3.63, 3.8) is 0 Å². The summed E-state index contributed by atoms with van der Waals surface area (Å²) in [5.74, 6) is -0.116. The Morgan fingerprint density at radius 1 is 1.47 bits per heavy atom. The molecule has 0 aromatic heterocycles. The van der Waals surface area contributed by atoms with Gasteiger partial charge in [0.1, 0.15) is 0 Å². The number of rotatable bonds is 6. The van der Waals surface area contributed by atoms with E-state index in [0.717, 1.165) is 13.0 Å². The van der Waals surface area contributed by atoms with Gasteiger partial charge in [0, 0.05) is 19.1 Å². The first-order valence-corrected chi connectivity index (χ1v) is 6.21. The third-order valence-corrected chi connectivity index (χ3v) is 3.23. The topological polar surface area (TPSA) is 52.7 Å². The average molecular weight is 241 g/mol. The van der Waals surface area contributed by atoms with Crippen LogP contribution in [0.3, 0.4) is 0 Å². The highest BCUT2D eigenvalue weighted by atomic mass is 16.2. The van der Waals surface area contributed by atoms with Gasteiger partial charge in [-0.1, -0.05) is 6.92 Å². The van der Waals surface area contributed by atoms with Crippen molar-refractivity contribution in [2.75, 3.05) is 27.2 Å². The Labute approximate surface area is 103 Å². The summed E-state index contributed by atoms with van der Waals surface area (Å²) < 4.78 is 0. The molecule has 2 unspecified atom stereocenters. The molecule has 0 saturated carbocycles. The van der Waals surface area contributed by atoms with Gasteiger partial charge in [0.15, 0.2) is 0 Å². The number of likely N-dealkylation sites (N-methyl/N-ethyl adjacent to an activating group) is 1. The van der Waals surface area contributed by atoms with Crippen LogP contribution in [-0.4, -0.2) is 60.9 Å². The van der Waals surface area contributed by atoms with E-state index in [-0.39, 0.29) is 17.9 Å². The van der Waals surface area contributed by atoms with E-state index in [1.54, 1.807) is 0 Å². The number of nitrogens with one attached hydrogen (secondary N) is 1. The lowest BCUT2D eigenvalue weighted by Crippen LogP contribution is -2.44. The van der Waals surface area contributed by atoms with E-state index in [1.807, 2.05) is 21.0 Å². The maximum absolute atomic E-state index is 11.9. The lowest BCUT2D eigenvalue weighted by Gasteiger charge is -2.22. The first-order valence-electron chi connectivity index (χ1n) is 6.21. The summed E-state index contributed by atoms with van der Waals surface area (Å²) in [5, 5.41) is 3.18. The average Bonchev–Trinajstić information content (AvgIpc) is 2.53. The third-order valence-electron chi connectivity index (χ3n) is 3.23. The largest absolute Gasteiger partial charge is 0.305 e. The zero-order chi connectivity index (χ0) is 13.0. The van der Waals surface area contributed by atoms with Gasteiger partial charge >= 0.3 is 0 Å². The van der Waals surface area contributed by atoms with Gasteiger partial charge in [0.05, 0.1) is 12.5 Å². The van der Waals surface area contributed by atoms with E-state index >= 15 is 0 Å². The van der Waals surface area contributed by atoms with Gasteiger partial charge in [-0.05, 0) is 27.4 Å². The van der Waals surface area contributed by atoms with Crippen LogP contribution in [0.25, 0.3) is 0 Å². The molecule has 0 aromatic rings. The van der Waals surface area contributed by atoms with Crippen LogP contribution < -0.4 is 5.32 Å². The number of nitrogens with zero attached hydrogens (tertiary/aromatic N) is 2. The molecule has 17 heavy (non-hydrogen) atoms. The minimum absolute atomic E-state index is 0.0492. The van der Waals surface area contributed by atoms with E-state index in [9.17, 15) is 9.59 Å². The van der Waals surface area contributed by atoms with Crippen LogP contribution in [0.15, 0.2) is 0 Å². The fraction of sp³-hybridized carbons (Fsp3) is 0.833. The molecule has 0 radical (unpaired) electrons. The smallest absolute Gasteiger partial charge is 0.246 e. The number of hydrogen-bond acceptors (Lipinski definition) is 4. The maximum Gasteiger partial charge on any atom is 0.246 e. The van der Waals surface area contributed by atoms with Crippen molar-refractivity contribution in [3.8, 4) is 0 Å². The summed E-state index contributed by atoms with van der Waals surface area (Å²) in [6, 6.07) is 0.0228. The maximum atomic E-state index is 11.9. The van der Waals surface area contributed by atoms with Crippen LogP contribution in [0, 0.1) is 0 Å². The molecule has 1 saturated heterocycles. The molecule has 0 aromatic carbocycles. The summed E-state index contributed by atoms with van der Waals surface area (Å²) in [6.07, 6.45) is 1.12. The van der Waals surface area contributed by atoms with Crippen LogP contribution >= 0.6 is 0 Å². The summed E-state index contributed by atoms with van der Waals surface area (Å²) in [5.41, 5.74) is 0. The summed E-state index contributed by atoms with van der Waals surface area (Å²) in [7, 11) is 3.99. The van der Waals surface area contributed by atoms with Crippen molar-refractivity contribution >= 4 is 11.8 Å². The molecule has 2 atom stereocenters. The molecule has 0 spiro atoms. The Kier molecular flexibility index (Phi) is 5.08. The highest BCUT2D eigenvalue weighted by molar-refractivity contribution is 6.05. The Morgan fingerprint density at radius 3 is 2.65 bits per heavy atom. The van der Waals surface area contributed by atoms with Gasteiger partial charge in [-0.2, -0.15) is 0 Å². The van der Waals surface area contributed by atoms with E-state index in [1.165, 1.54) is 4.90 Å². The Bertz CT molecular complexity index is 291. The van der Waals surface area contributed by atoms with Gasteiger partial charge in [-0.3, -0.25) is 14.5 Å². The van der Waals surface area contributed by atoms with Gasteiger partial charge in [-0.15, -0.1) is 0 Å². The normalized spacial score (nSPS) is 22.6. The van der Waals surface area contributed by atoms with Crippen molar-refractivity contribution in [1.82, 2.24) is 15.1 Å². The van der Waals surface area contributed by atoms with Gasteiger partial charge in [0.2, 0.25) is 11.8 Å². The van der Waals surface area contributed by atoms with E-state index in [0.29, 0.717) is 19.0 Å². The Balaban J connectivity index is 2.46. The molecule has 1 aliphatic heterocycles. The number of likely N-dealkylation sites (tertiary alicyclic amines) is 1. The standard InChI is InChI=1S/C12H23N3O2/c1-5-6-15-11(16)7-10(12(15)17)13-8-9(2)14(3)4/h9-10,13H,5-8H2,1-4H3. The summed E-state index contributed by atoms with van der Waals surface area (Å²) >= 11 is 0. The second-order valence-corrected chi connectivity index (χ2v) is 4.86. The van der Waals surface area contributed by atoms with Gasteiger partial charge in [-0.25, -0.2) is 0 Å². The predicted octanol–water partition coefficient (Wildman–Crippen LogP) is 0.0636. The first kappa shape index (κ1) is 14.1. The van der Waals surface area contributed by atoms with Gasteiger partial charge in [0.25, 0.3) is 0 Å². The lowest BCUT2D eigenvalue weighted by atomic mass is 10.2. The van der Waals surface area contributed by atoms with Gasteiger partial charge < -0.3 is 10.2 Å². The van der Waals surface area contributed by atoms with Crippen molar-refractivity contribution in [1.29, 1.82) is 0 Å². The van der Waals surface area contributed by atoms with Crippen LogP contribution in [0.5, 0.6) is 0 Å². The number of carbonyl (C=O) groups is 2. The Hall–Kier alpha value is -0.940. The second-order valence-electron chi connectivity index (χ2n) is 4.86. The van der Waals surface area contributed by atoms with Crippen LogP contribution in [0.2, 0.25) is 0 Å². The van der Waals surface area contributed by atoms with Crippen molar-refractivity contribution in [2.45, 2.75) is 38.8 Å². The SMILES string of the molecule is CCCN1C(=O)CC(NCC(C)N(C)C)C1=O. The highest BCUT2D eigenvalue weighted by Crippen LogP contribution is 2.13. The van der Waals surface area contributed by atoms with Crippen LogP contribution in [-0.2, 0) is 9.59 Å². The first-order chi connectivity index (χ1) is 7.97. The van der Waals surface area contributed by atoms with Crippen LogP contribution in [0.1, 0.15) is 26.7 Å². The fourth-order valence-electron chi connectivity index (χ4n) is 1.80. The van der Waals surface area contributed by atoms with Crippen molar-refractivity contribution in [2.24, 2.45) is 0 Å². The molecular formula is C12H23N3O2. The van der Waals surface area contributed by atoms with E-state index in [4.69, 9.17) is 0 Å². The van der Waals surface area contributed by atoms with Crippen molar-refractivity contribution in [3.05, 3.63) is 0 Å². The van der Waals surface area contributed by atoms with Crippen molar-refractivity contribution < 1.29 is 9.59 Å². The van der Waals surface area contributed by atoms with E-state index in [2.05, 4.69) is 17.1 Å². The zero-order valence-electron chi connectivity index (χ0n) is 11.2. The number of amides is 2. The zero-order valence-corrected chi connectivity index (χ0v) is 11.2. The van der Waals surface area contributed by atoms with Crippen LogP contribution in [0.4, 0.5) is 0 Å². The lowest BCUT2D eigenvalue weighted by molar-refractivity contribution is -0.138. The molecule has 5 nitrogen and oxygen atoms in total. The highest BCUT2D eigenvalue weighted by Gasteiger charge is 2.37. The molecule has 1 N–H and O–H groups in total. The molecule has 1 aliphatic rings. The monoisotopic (exact) mass is 241 g/mol. The number of hydrogen-bond donors (Lipinski definition) is 1. The molecule has 1 heterocycles. The molecule has 5 heteroatoms. The number of imide groups is 1. The summed E-state index contributed by atoms with van der Waals surface area (Å²) in [4.78, 5) is 27.0. The van der Waals surface area contributed by atoms with E-state index < -0.39 is 0 Å². The molecule has 2 amide bonds. The second kappa shape index (κ2) is 6.12. The predicted molar refractivity (Wildman–Crippen MR) is 66.6 cm³/mol. The molecular weight excluding hydrogens is 218 g/mol. The molecule has 98 valence electrons. The minimum atomic E-state index is -0.323. The fourth-order valence-corrected chi connectivity index (χ4v) is 1.80. The number of carbonyl (C=O) groups excluding carboxylic acids is 2. The minimum Gasteiger partial charge on any atom is -0.305 e. The summed E-state index contributed by atoms with van der Waals surface area (Å²) in [6.45, 7) is 5.31. The molecule has 0 aliphatic carbocycles. The Morgan fingerprint density at radius 2 is 2.12 bits per heavy atom. The molecule has 0 bridgehead atoms.